The average Bonchev–Trinajstić information content (AvgIpc) is 3.08. The van der Waals surface area contributed by atoms with E-state index < -0.39 is 23.0 Å². The van der Waals surface area contributed by atoms with Crippen molar-refractivity contribution in [2.24, 2.45) is 5.92 Å². The van der Waals surface area contributed by atoms with Gasteiger partial charge in [0, 0.05) is 22.1 Å². The topological polar surface area (TPSA) is 54.0 Å². The van der Waals surface area contributed by atoms with E-state index >= 15 is 0 Å². The Hall–Kier alpha value is -3.65. The second-order valence-corrected chi connectivity index (χ2v) is 13.0. The van der Waals surface area contributed by atoms with Gasteiger partial charge < -0.3 is 18.9 Å². The molecule has 0 N–H and O–H groups in total. The van der Waals surface area contributed by atoms with Gasteiger partial charge in [0.15, 0.2) is 0 Å². The monoisotopic (exact) mass is 604 g/mol. The van der Waals surface area contributed by atoms with Gasteiger partial charge in [-0.15, -0.1) is 0 Å². The van der Waals surface area contributed by atoms with Gasteiger partial charge in [0.1, 0.15) is 12.2 Å². The number of hydrogen-bond acceptors (Lipinski definition) is 5. The Morgan fingerprint density at radius 3 is 1.86 bits per heavy atom. The van der Waals surface area contributed by atoms with Crippen LogP contribution in [0.25, 0.3) is 10.8 Å². The summed E-state index contributed by atoms with van der Waals surface area (Å²) in [7, 11) is -1.20. The Morgan fingerprint density at radius 2 is 1.20 bits per heavy atom. The van der Waals surface area contributed by atoms with Gasteiger partial charge >= 0.3 is 0 Å². The van der Waals surface area contributed by atoms with Crippen molar-refractivity contribution in [3.63, 3.8) is 0 Å². The molecular weight excluding hydrogens is 568 g/mol. The molecule has 2 aliphatic rings. The second-order valence-electron chi connectivity index (χ2n) is 11.5. The molecule has 0 unspecified atom stereocenters. The average molecular weight is 605 g/mol. The number of benzene rings is 5. The first kappa shape index (κ1) is 29.1. The van der Waals surface area contributed by atoms with Gasteiger partial charge in [-0.25, -0.2) is 0 Å². The van der Waals surface area contributed by atoms with Crippen LogP contribution in [-0.2, 0) is 49.6 Å². The lowest BCUT2D eigenvalue weighted by molar-refractivity contribution is -0.244. The molecule has 44 heavy (non-hydrogen) atoms. The van der Waals surface area contributed by atoms with E-state index in [9.17, 15) is 4.21 Å². The summed E-state index contributed by atoms with van der Waals surface area (Å²) in [5, 5.41) is 2.18. The Morgan fingerprint density at radius 1 is 0.636 bits per heavy atom. The molecule has 6 atom stereocenters. The minimum atomic E-state index is -1.20. The van der Waals surface area contributed by atoms with Crippen LogP contribution in [0.15, 0.2) is 132 Å². The van der Waals surface area contributed by atoms with Gasteiger partial charge in [-0.05, 0) is 33.5 Å². The highest BCUT2D eigenvalue weighted by Crippen LogP contribution is 2.48. The third kappa shape index (κ3) is 6.27. The largest absolute Gasteiger partial charge is 0.374 e. The van der Waals surface area contributed by atoms with Crippen LogP contribution in [0.5, 0.6) is 0 Å². The minimum absolute atomic E-state index is 0.163. The molecule has 0 spiro atoms. The zero-order valence-corrected chi connectivity index (χ0v) is 25.3. The van der Waals surface area contributed by atoms with E-state index in [1.165, 1.54) is 0 Å². The molecule has 224 valence electrons. The summed E-state index contributed by atoms with van der Waals surface area (Å²) >= 11 is 0. The summed E-state index contributed by atoms with van der Waals surface area (Å²) < 4.78 is 40.7. The molecule has 0 radical (unpaired) electrons. The SMILES string of the molecule is O=[S@]1C[C@@H]2[C@@H](OCc3ccccc3)[C@H](OCc3ccccc3)[C@@H](COCc3ccccc3)O[C@@H]2c2c1ccc1ccccc21. The van der Waals surface area contributed by atoms with Crippen LogP contribution >= 0.6 is 0 Å². The fraction of sp³-hybridized carbons (Fsp3) is 0.263. The first-order valence-corrected chi connectivity index (χ1v) is 16.5. The highest BCUT2D eigenvalue weighted by Gasteiger charge is 2.51. The maximum absolute atomic E-state index is 13.8. The molecule has 2 heterocycles. The van der Waals surface area contributed by atoms with Crippen LogP contribution < -0.4 is 0 Å². The summed E-state index contributed by atoms with van der Waals surface area (Å²) in [5.74, 6) is 0.280. The fourth-order valence-electron chi connectivity index (χ4n) is 6.45. The quantitative estimate of drug-likeness (QED) is 0.166. The van der Waals surface area contributed by atoms with Crippen molar-refractivity contribution in [2.75, 3.05) is 12.4 Å². The van der Waals surface area contributed by atoms with Crippen molar-refractivity contribution in [3.8, 4) is 0 Å². The fourth-order valence-corrected chi connectivity index (χ4v) is 8.03. The summed E-state index contributed by atoms with van der Waals surface area (Å²) in [6.07, 6.45) is -1.50. The highest BCUT2D eigenvalue weighted by atomic mass is 32.2. The van der Waals surface area contributed by atoms with Crippen LogP contribution in [0.4, 0.5) is 0 Å². The van der Waals surface area contributed by atoms with E-state index in [4.69, 9.17) is 18.9 Å². The molecule has 5 aromatic carbocycles. The van der Waals surface area contributed by atoms with Crippen molar-refractivity contribution in [3.05, 3.63) is 150 Å². The van der Waals surface area contributed by atoms with Crippen LogP contribution in [0, 0.1) is 5.92 Å². The number of ether oxygens (including phenoxy) is 4. The molecule has 5 nitrogen and oxygen atoms in total. The maximum atomic E-state index is 13.8. The summed E-state index contributed by atoms with van der Waals surface area (Å²) in [4.78, 5) is 0.847. The van der Waals surface area contributed by atoms with Crippen molar-refractivity contribution >= 4 is 21.6 Å². The Kier molecular flexibility index (Phi) is 8.96. The molecule has 1 saturated heterocycles. The van der Waals surface area contributed by atoms with Crippen molar-refractivity contribution in [2.45, 2.75) is 49.1 Å². The van der Waals surface area contributed by atoms with Crippen molar-refractivity contribution in [1.29, 1.82) is 0 Å². The summed E-state index contributed by atoms with van der Waals surface area (Å²) in [6, 6.07) is 42.8. The molecular formula is C38H36O5S. The third-order valence-electron chi connectivity index (χ3n) is 8.59. The number of rotatable bonds is 10. The Labute approximate surface area is 261 Å². The zero-order chi connectivity index (χ0) is 29.7. The first-order valence-electron chi connectivity index (χ1n) is 15.2. The van der Waals surface area contributed by atoms with E-state index in [0.29, 0.717) is 32.2 Å². The summed E-state index contributed by atoms with van der Waals surface area (Å²) in [5.41, 5.74) is 4.26. The van der Waals surface area contributed by atoms with E-state index in [2.05, 4.69) is 54.6 Å². The van der Waals surface area contributed by atoms with E-state index in [0.717, 1.165) is 37.9 Å². The molecule has 0 saturated carbocycles. The highest BCUT2D eigenvalue weighted by molar-refractivity contribution is 7.85. The minimum Gasteiger partial charge on any atom is -0.374 e. The number of fused-ring (bicyclic) bond motifs is 5. The smallest absolute Gasteiger partial charge is 0.113 e. The molecule has 5 aromatic rings. The van der Waals surface area contributed by atoms with Gasteiger partial charge in [-0.3, -0.25) is 4.21 Å². The Balaban J connectivity index is 1.25. The molecule has 0 aliphatic carbocycles. The van der Waals surface area contributed by atoms with Crippen LogP contribution in [-0.4, -0.2) is 34.9 Å². The lowest BCUT2D eigenvalue weighted by atomic mass is 9.82. The van der Waals surface area contributed by atoms with Gasteiger partial charge in [-0.1, -0.05) is 121 Å². The van der Waals surface area contributed by atoms with Crippen LogP contribution in [0.3, 0.4) is 0 Å². The number of hydrogen-bond donors (Lipinski definition) is 0. The van der Waals surface area contributed by atoms with Crippen molar-refractivity contribution < 1.29 is 23.2 Å². The third-order valence-corrected chi connectivity index (χ3v) is 10.1. The molecule has 0 amide bonds. The molecule has 1 fully saturated rings. The maximum Gasteiger partial charge on any atom is 0.113 e. The molecule has 0 aromatic heterocycles. The molecule has 7 rings (SSSR count). The van der Waals surface area contributed by atoms with Gasteiger partial charge in [0.2, 0.25) is 0 Å². The Bertz CT molecular complexity index is 1690. The van der Waals surface area contributed by atoms with Crippen molar-refractivity contribution in [1.82, 2.24) is 0 Å². The molecule has 6 heteroatoms. The van der Waals surface area contributed by atoms with Gasteiger partial charge in [0.25, 0.3) is 0 Å². The summed E-state index contributed by atoms with van der Waals surface area (Å²) in [6.45, 7) is 1.65. The normalized spacial score (nSPS) is 24.5. The van der Waals surface area contributed by atoms with Gasteiger partial charge in [0.05, 0.1) is 49.4 Å². The zero-order valence-electron chi connectivity index (χ0n) is 24.5. The lowest BCUT2D eigenvalue weighted by Gasteiger charge is -2.48. The van der Waals surface area contributed by atoms with Gasteiger partial charge in [-0.2, -0.15) is 0 Å². The van der Waals surface area contributed by atoms with E-state index in [1.807, 2.05) is 72.8 Å². The second kappa shape index (κ2) is 13.6. The van der Waals surface area contributed by atoms with Crippen LogP contribution in [0.1, 0.15) is 28.4 Å². The molecule has 2 aliphatic heterocycles. The van der Waals surface area contributed by atoms with E-state index in [1.54, 1.807) is 0 Å². The van der Waals surface area contributed by atoms with E-state index in [-0.39, 0.29) is 18.1 Å². The van der Waals surface area contributed by atoms with Crippen LogP contribution in [0.2, 0.25) is 0 Å². The lowest BCUT2D eigenvalue weighted by Crippen LogP contribution is -2.57. The molecule has 0 bridgehead atoms. The predicted octanol–water partition coefficient (Wildman–Crippen LogP) is 7.40. The first-order chi connectivity index (χ1) is 21.7. The predicted molar refractivity (Wildman–Crippen MR) is 172 cm³/mol. The standard InChI is InChI=1S/C38H36O5S/c39-44-26-32-36(35-31-19-11-10-18-30(31)20-21-34(35)44)43-33(25-40-22-27-12-4-1-5-13-27)38(42-24-29-16-8-3-9-17-29)37(32)41-23-28-14-6-2-7-15-28/h1-21,32-33,36-38H,22-26H2/t32-,33+,36-,37+,38+,44-/m0/s1.